The molecule has 6 heteroatoms. The van der Waals surface area contributed by atoms with Crippen molar-refractivity contribution in [1.29, 1.82) is 0 Å². The Morgan fingerprint density at radius 3 is 2.85 bits per heavy atom. The van der Waals surface area contributed by atoms with Gasteiger partial charge in [0.2, 0.25) is 0 Å². The van der Waals surface area contributed by atoms with Gasteiger partial charge in [0.25, 0.3) is 0 Å². The Bertz CT molecular complexity index is 809. The predicted molar refractivity (Wildman–Crippen MR) is 97.8 cm³/mol. The molecule has 26 heavy (non-hydrogen) atoms. The quantitative estimate of drug-likeness (QED) is 0.828. The van der Waals surface area contributed by atoms with E-state index in [-0.39, 0.29) is 5.56 Å². The van der Waals surface area contributed by atoms with Crippen LogP contribution in [0.3, 0.4) is 0 Å². The van der Waals surface area contributed by atoms with Crippen LogP contribution in [-0.4, -0.2) is 44.0 Å². The Morgan fingerprint density at radius 2 is 2.15 bits per heavy atom. The highest BCUT2D eigenvalue weighted by Gasteiger charge is 2.21. The van der Waals surface area contributed by atoms with Crippen LogP contribution in [0.1, 0.15) is 16.8 Å². The maximum absolute atomic E-state index is 13.9. The zero-order chi connectivity index (χ0) is 18.5. The largest absolute Gasteiger partial charge is 0.449 e. The first-order chi connectivity index (χ1) is 12.6. The third-order valence-corrected chi connectivity index (χ3v) is 4.54. The number of carbonyl (C=O) groups excluding carboxylic acids is 2. The fourth-order valence-electron chi connectivity index (χ4n) is 3.14. The number of halogens is 1. The van der Waals surface area contributed by atoms with Gasteiger partial charge in [-0.3, -0.25) is 10.1 Å². The molecular formula is C20H21FN2O3. The summed E-state index contributed by atoms with van der Waals surface area (Å²) in [4.78, 5) is 25.1. The van der Waals surface area contributed by atoms with Gasteiger partial charge in [0.1, 0.15) is 5.82 Å². The van der Waals surface area contributed by atoms with Crippen molar-refractivity contribution in [3.05, 3.63) is 53.8 Å². The molecule has 1 saturated heterocycles. The maximum Gasteiger partial charge on any atom is 0.411 e. The molecule has 0 bridgehead atoms. The zero-order valence-electron chi connectivity index (χ0n) is 14.6. The number of benzene rings is 2. The lowest BCUT2D eigenvalue weighted by molar-refractivity contribution is 0.111. The summed E-state index contributed by atoms with van der Waals surface area (Å²) in [5, 5.41) is 2.73. The van der Waals surface area contributed by atoms with E-state index in [4.69, 9.17) is 4.74 Å². The average molecular weight is 356 g/mol. The molecule has 0 unspecified atom stereocenters. The second kappa shape index (κ2) is 8.10. The van der Waals surface area contributed by atoms with Gasteiger partial charge in [0.05, 0.1) is 17.9 Å². The number of para-hydroxylation sites is 1. The molecular weight excluding hydrogens is 335 g/mol. The highest BCUT2D eigenvalue weighted by atomic mass is 19.1. The summed E-state index contributed by atoms with van der Waals surface area (Å²) in [6, 6.07) is 11.4. The summed E-state index contributed by atoms with van der Waals surface area (Å²) in [6.45, 7) is 2.31. The Kier molecular flexibility index (Phi) is 5.63. The van der Waals surface area contributed by atoms with E-state index in [1.807, 2.05) is 7.05 Å². The SMILES string of the molecule is CN1CC[C@@H](COC(=O)Nc2ccccc2-c2ccc(C=O)c(F)c2)C1. The Labute approximate surface area is 151 Å². The molecule has 0 aromatic heterocycles. The molecule has 1 fully saturated rings. The second-order valence-corrected chi connectivity index (χ2v) is 6.54. The molecule has 0 saturated carbocycles. The fraction of sp³-hybridized carbons (Fsp3) is 0.300. The standard InChI is InChI=1S/C20H21FN2O3/c1-23-9-8-14(11-23)13-26-20(25)22-19-5-3-2-4-17(19)15-6-7-16(12-24)18(21)10-15/h2-7,10,12,14H,8-9,11,13H2,1H3,(H,22,25)/t14-/m1/s1. The molecule has 1 N–H and O–H groups in total. The number of nitrogens with zero attached hydrogens (tertiary/aromatic N) is 1. The zero-order valence-corrected chi connectivity index (χ0v) is 14.6. The number of hydrogen-bond donors (Lipinski definition) is 1. The first-order valence-corrected chi connectivity index (χ1v) is 8.53. The van der Waals surface area contributed by atoms with Crippen LogP contribution in [0.2, 0.25) is 0 Å². The van der Waals surface area contributed by atoms with Crippen molar-refractivity contribution >= 4 is 18.1 Å². The normalized spacial score (nSPS) is 17.1. The molecule has 2 aromatic carbocycles. The van der Waals surface area contributed by atoms with Crippen molar-refractivity contribution in [2.45, 2.75) is 6.42 Å². The van der Waals surface area contributed by atoms with Crippen molar-refractivity contribution in [1.82, 2.24) is 4.90 Å². The number of rotatable bonds is 5. The van der Waals surface area contributed by atoms with Gasteiger partial charge in [0.15, 0.2) is 6.29 Å². The molecule has 3 rings (SSSR count). The number of hydrogen-bond acceptors (Lipinski definition) is 4. The lowest BCUT2D eigenvalue weighted by Crippen LogP contribution is -2.21. The van der Waals surface area contributed by atoms with E-state index in [1.165, 1.54) is 12.1 Å². The van der Waals surface area contributed by atoms with Crippen LogP contribution in [0.15, 0.2) is 42.5 Å². The van der Waals surface area contributed by atoms with Crippen LogP contribution in [0, 0.1) is 11.7 Å². The highest BCUT2D eigenvalue weighted by Crippen LogP contribution is 2.29. The molecule has 2 aromatic rings. The van der Waals surface area contributed by atoms with Gasteiger partial charge < -0.3 is 9.64 Å². The van der Waals surface area contributed by atoms with Gasteiger partial charge in [-0.05, 0) is 43.8 Å². The van der Waals surface area contributed by atoms with Crippen molar-refractivity contribution in [3.63, 3.8) is 0 Å². The van der Waals surface area contributed by atoms with Gasteiger partial charge in [-0.1, -0.05) is 24.3 Å². The lowest BCUT2D eigenvalue weighted by Gasteiger charge is -2.14. The van der Waals surface area contributed by atoms with Crippen LogP contribution in [0.4, 0.5) is 14.9 Å². The number of ether oxygens (including phenoxy) is 1. The summed E-state index contributed by atoms with van der Waals surface area (Å²) in [6.07, 6.45) is 0.959. The smallest absolute Gasteiger partial charge is 0.411 e. The van der Waals surface area contributed by atoms with E-state index in [2.05, 4.69) is 10.2 Å². The highest BCUT2D eigenvalue weighted by molar-refractivity contribution is 5.91. The minimum absolute atomic E-state index is 0.000122. The van der Waals surface area contributed by atoms with Crippen molar-refractivity contribution in [2.24, 2.45) is 5.92 Å². The Hall–Kier alpha value is -2.73. The van der Waals surface area contributed by atoms with Gasteiger partial charge in [0, 0.05) is 18.0 Å². The van der Waals surface area contributed by atoms with E-state index in [1.54, 1.807) is 30.3 Å². The third-order valence-electron chi connectivity index (χ3n) is 4.54. The molecule has 0 spiro atoms. The monoisotopic (exact) mass is 356 g/mol. The molecule has 1 amide bonds. The van der Waals surface area contributed by atoms with Crippen LogP contribution < -0.4 is 5.32 Å². The van der Waals surface area contributed by atoms with Crippen LogP contribution in [0.5, 0.6) is 0 Å². The number of carbonyl (C=O) groups is 2. The molecule has 0 aliphatic carbocycles. The fourth-order valence-corrected chi connectivity index (χ4v) is 3.14. The van der Waals surface area contributed by atoms with Gasteiger partial charge >= 0.3 is 6.09 Å². The van der Waals surface area contributed by atoms with E-state index in [9.17, 15) is 14.0 Å². The molecule has 136 valence electrons. The molecule has 0 radical (unpaired) electrons. The Morgan fingerprint density at radius 1 is 1.35 bits per heavy atom. The first-order valence-electron chi connectivity index (χ1n) is 8.53. The molecule has 1 aliphatic heterocycles. The van der Waals surface area contributed by atoms with Crippen molar-refractivity contribution in [2.75, 3.05) is 32.1 Å². The lowest BCUT2D eigenvalue weighted by atomic mass is 10.0. The second-order valence-electron chi connectivity index (χ2n) is 6.54. The topological polar surface area (TPSA) is 58.6 Å². The number of aldehydes is 1. The molecule has 1 atom stereocenters. The summed E-state index contributed by atoms with van der Waals surface area (Å²) in [5.41, 5.74) is 1.75. The van der Waals surface area contributed by atoms with Crippen LogP contribution >= 0.6 is 0 Å². The number of likely N-dealkylation sites (tertiary alicyclic amines) is 1. The summed E-state index contributed by atoms with van der Waals surface area (Å²) in [7, 11) is 2.05. The van der Waals surface area contributed by atoms with Gasteiger partial charge in [-0.25, -0.2) is 9.18 Å². The van der Waals surface area contributed by atoms with Gasteiger partial charge in [-0.2, -0.15) is 0 Å². The van der Waals surface area contributed by atoms with E-state index >= 15 is 0 Å². The van der Waals surface area contributed by atoms with E-state index in [0.717, 1.165) is 19.5 Å². The van der Waals surface area contributed by atoms with Crippen LogP contribution in [0.25, 0.3) is 11.1 Å². The van der Waals surface area contributed by atoms with Crippen molar-refractivity contribution < 1.29 is 18.7 Å². The summed E-state index contributed by atoms with van der Waals surface area (Å²) in [5.74, 6) is -0.244. The number of amides is 1. The van der Waals surface area contributed by atoms with E-state index < -0.39 is 11.9 Å². The predicted octanol–water partition coefficient (Wildman–Crippen LogP) is 3.81. The maximum atomic E-state index is 13.9. The Balaban J connectivity index is 1.70. The molecule has 1 heterocycles. The van der Waals surface area contributed by atoms with E-state index in [0.29, 0.717) is 35.6 Å². The number of anilines is 1. The first kappa shape index (κ1) is 18.1. The van der Waals surface area contributed by atoms with Gasteiger partial charge in [-0.15, -0.1) is 0 Å². The summed E-state index contributed by atoms with van der Waals surface area (Å²) >= 11 is 0. The number of nitrogens with one attached hydrogen (secondary N) is 1. The minimum Gasteiger partial charge on any atom is -0.449 e. The molecule has 5 nitrogen and oxygen atoms in total. The average Bonchev–Trinajstić information content (AvgIpc) is 3.06. The molecule has 1 aliphatic rings. The van der Waals surface area contributed by atoms with Crippen LogP contribution in [-0.2, 0) is 4.74 Å². The summed E-state index contributed by atoms with van der Waals surface area (Å²) < 4.78 is 19.2. The minimum atomic E-state index is -0.597. The van der Waals surface area contributed by atoms with Crippen molar-refractivity contribution in [3.8, 4) is 11.1 Å². The third kappa shape index (κ3) is 4.26.